The number of benzene rings is 2. The maximum absolute atomic E-state index is 12.3. The van der Waals surface area contributed by atoms with E-state index < -0.39 is 12.0 Å². The van der Waals surface area contributed by atoms with Crippen LogP contribution >= 0.6 is 0 Å². The van der Waals surface area contributed by atoms with Crippen molar-refractivity contribution < 1.29 is 24.3 Å². The first-order valence-electron chi connectivity index (χ1n) is 8.19. The number of hydrogen-bond donors (Lipinski definition) is 2. The molecule has 2 N–H and O–H groups in total. The van der Waals surface area contributed by atoms with Crippen LogP contribution in [0.15, 0.2) is 54.6 Å². The van der Waals surface area contributed by atoms with E-state index in [0.29, 0.717) is 23.1 Å². The monoisotopic (exact) mass is 354 g/mol. The Balaban J connectivity index is 1.57. The summed E-state index contributed by atoms with van der Waals surface area (Å²) in [7, 11) is 0. The minimum atomic E-state index is -0.969. The van der Waals surface area contributed by atoms with Crippen LogP contribution in [0.25, 0.3) is 0 Å². The maximum atomic E-state index is 12.3. The molecule has 3 amide bonds. The normalized spacial score (nSPS) is 14.3. The van der Waals surface area contributed by atoms with Gasteiger partial charge in [-0.2, -0.15) is 0 Å². The van der Waals surface area contributed by atoms with Gasteiger partial charge in [-0.3, -0.25) is 24.5 Å². The van der Waals surface area contributed by atoms with Gasteiger partial charge in [-0.15, -0.1) is 0 Å². The number of hydrogen-bond acceptors (Lipinski definition) is 5. The summed E-state index contributed by atoms with van der Waals surface area (Å²) in [5.41, 5.74) is 2.99. The zero-order chi connectivity index (χ0) is 18.5. The molecule has 26 heavy (non-hydrogen) atoms. The van der Waals surface area contributed by atoms with Crippen molar-refractivity contribution >= 4 is 17.7 Å². The molecule has 0 spiro atoms. The summed E-state index contributed by atoms with van der Waals surface area (Å²) in [6.07, 6.45) is -0.601. The van der Waals surface area contributed by atoms with Gasteiger partial charge in [-0.25, -0.2) is 5.48 Å². The van der Waals surface area contributed by atoms with Crippen LogP contribution in [0.5, 0.6) is 0 Å². The van der Waals surface area contributed by atoms with Crippen molar-refractivity contribution in [3.63, 3.8) is 0 Å². The predicted molar refractivity (Wildman–Crippen MR) is 91.5 cm³/mol. The van der Waals surface area contributed by atoms with Crippen LogP contribution < -0.4 is 5.48 Å². The predicted octanol–water partition coefficient (Wildman–Crippen LogP) is 1.94. The Bertz CT molecular complexity index is 787. The molecule has 1 atom stereocenters. The summed E-state index contributed by atoms with van der Waals surface area (Å²) in [5.74, 6) is -1.33. The molecule has 0 bridgehead atoms. The van der Waals surface area contributed by atoms with E-state index in [1.54, 1.807) is 60.1 Å². The molecule has 7 nitrogen and oxygen atoms in total. The van der Waals surface area contributed by atoms with Crippen molar-refractivity contribution in [2.24, 2.45) is 0 Å². The van der Waals surface area contributed by atoms with Crippen molar-refractivity contribution in [1.82, 2.24) is 10.4 Å². The Morgan fingerprint density at radius 2 is 1.58 bits per heavy atom. The lowest BCUT2D eigenvalue weighted by Crippen LogP contribution is -2.32. The van der Waals surface area contributed by atoms with Crippen LogP contribution in [0.2, 0.25) is 0 Å². The van der Waals surface area contributed by atoms with Crippen LogP contribution in [-0.2, 0) is 9.53 Å². The second-order valence-corrected chi connectivity index (χ2v) is 5.80. The zero-order valence-electron chi connectivity index (χ0n) is 13.9. The molecule has 2 aromatic rings. The number of ether oxygens (including phenoxy) is 1. The third-order valence-corrected chi connectivity index (χ3v) is 4.14. The zero-order valence-corrected chi connectivity index (χ0v) is 13.9. The molecule has 1 heterocycles. The molecule has 0 radical (unpaired) electrons. The quantitative estimate of drug-likeness (QED) is 0.343. The van der Waals surface area contributed by atoms with Crippen molar-refractivity contribution in [3.05, 3.63) is 71.3 Å². The molecule has 0 aliphatic carbocycles. The largest absolute Gasteiger partial charge is 0.363 e. The number of amides is 3. The highest BCUT2D eigenvalue weighted by Gasteiger charge is 2.34. The molecule has 1 unspecified atom stereocenters. The Kier molecular flexibility index (Phi) is 5.40. The number of carbonyl (C=O) groups is 3. The molecule has 2 aromatic carbocycles. The van der Waals surface area contributed by atoms with Gasteiger partial charge in [0.25, 0.3) is 17.7 Å². The van der Waals surface area contributed by atoms with Crippen LogP contribution in [0.4, 0.5) is 0 Å². The van der Waals surface area contributed by atoms with Gasteiger partial charge in [0.2, 0.25) is 0 Å². The molecule has 0 saturated carbocycles. The first-order valence-corrected chi connectivity index (χ1v) is 8.19. The van der Waals surface area contributed by atoms with E-state index in [9.17, 15) is 14.4 Å². The minimum Gasteiger partial charge on any atom is -0.363 e. The van der Waals surface area contributed by atoms with E-state index in [1.807, 2.05) is 0 Å². The number of fused-ring (bicyclic) bond motifs is 1. The minimum absolute atomic E-state index is 0.139. The lowest BCUT2D eigenvalue weighted by atomic mass is 10.1. The number of imide groups is 1. The van der Waals surface area contributed by atoms with E-state index >= 15 is 0 Å². The van der Waals surface area contributed by atoms with Crippen molar-refractivity contribution in [2.75, 3.05) is 13.2 Å². The van der Waals surface area contributed by atoms with Crippen molar-refractivity contribution in [3.8, 4) is 0 Å². The summed E-state index contributed by atoms with van der Waals surface area (Å²) in [4.78, 5) is 37.5. The highest BCUT2D eigenvalue weighted by Crippen LogP contribution is 2.23. The second-order valence-electron chi connectivity index (χ2n) is 5.80. The Labute approximate surface area is 150 Å². The van der Waals surface area contributed by atoms with Crippen LogP contribution in [0, 0.1) is 0 Å². The molecule has 134 valence electrons. The van der Waals surface area contributed by atoms with E-state index in [1.165, 1.54) is 4.90 Å². The first-order chi connectivity index (χ1) is 12.6. The second kappa shape index (κ2) is 7.90. The molecule has 7 heteroatoms. The van der Waals surface area contributed by atoms with Crippen LogP contribution in [0.1, 0.15) is 38.8 Å². The van der Waals surface area contributed by atoms with Gasteiger partial charge in [-0.05, 0) is 24.1 Å². The lowest BCUT2D eigenvalue weighted by Gasteiger charge is -2.18. The molecule has 0 aromatic heterocycles. The first kappa shape index (κ1) is 17.8. The van der Waals surface area contributed by atoms with Gasteiger partial charge >= 0.3 is 0 Å². The highest BCUT2D eigenvalue weighted by atomic mass is 16.5. The lowest BCUT2D eigenvalue weighted by molar-refractivity contribution is -0.142. The van der Waals surface area contributed by atoms with Gasteiger partial charge in [-0.1, -0.05) is 42.5 Å². The average Bonchev–Trinajstić information content (AvgIpc) is 2.93. The number of hydroxylamine groups is 1. The van der Waals surface area contributed by atoms with E-state index in [0.717, 1.165) is 0 Å². The molecule has 1 aliphatic heterocycles. The van der Waals surface area contributed by atoms with E-state index in [2.05, 4.69) is 0 Å². The third-order valence-electron chi connectivity index (χ3n) is 4.14. The maximum Gasteiger partial charge on any atom is 0.277 e. The highest BCUT2D eigenvalue weighted by molar-refractivity contribution is 6.21. The smallest absolute Gasteiger partial charge is 0.277 e. The fourth-order valence-corrected chi connectivity index (χ4v) is 2.88. The van der Waals surface area contributed by atoms with Gasteiger partial charge in [0, 0.05) is 13.2 Å². The topological polar surface area (TPSA) is 95.9 Å². The molecular weight excluding hydrogens is 336 g/mol. The number of nitrogens with zero attached hydrogens (tertiary/aromatic N) is 1. The van der Waals surface area contributed by atoms with Crippen LogP contribution in [-0.4, -0.2) is 41.0 Å². The summed E-state index contributed by atoms with van der Waals surface area (Å²) in [5, 5.41) is 8.89. The van der Waals surface area contributed by atoms with E-state index in [4.69, 9.17) is 9.94 Å². The van der Waals surface area contributed by atoms with Gasteiger partial charge in [0.1, 0.15) is 0 Å². The Morgan fingerprint density at radius 3 is 2.15 bits per heavy atom. The summed E-state index contributed by atoms with van der Waals surface area (Å²) in [6, 6.07) is 15.4. The summed E-state index contributed by atoms with van der Waals surface area (Å²) >= 11 is 0. The van der Waals surface area contributed by atoms with E-state index in [-0.39, 0.29) is 25.0 Å². The SMILES string of the molecule is O=C(NO)C(OCCCN1C(=O)c2ccccc2C1=O)c1ccccc1. The Morgan fingerprint density at radius 1 is 1.00 bits per heavy atom. The van der Waals surface area contributed by atoms with Crippen molar-refractivity contribution in [1.29, 1.82) is 0 Å². The van der Waals surface area contributed by atoms with Gasteiger partial charge in [0.15, 0.2) is 6.10 Å². The number of rotatable bonds is 7. The standard InChI is InChI=1S/C19H18N2O5/c22-17(20-25)16(13-7-2-1-3-8-13)26-12-6-11-21-18(23)14-9-4-5-10-15(14)19(21)24/h1-5,7-10,16,25H,6,11-12H2,(H,20,22). The third kappa shape index (κ3) is 3.49. The molecule has 0 saturated heterocycles. The fourth-order valence-electron chi connectivity index (χ4n) is 2.88. The molecular formula is C19H18N2O5. The van der Waals surface area contributed by atoms with Gasteiger partial charge in [0.05, 0.1) is 11.1 Å². The summed E-state index contributed by atoms with van der Waals surface area (Å²) < 4.78 is 5.57. The fraction of sp³-hybridized carbons (Fsp3) is 0.211. The van der Waals surface area contributed by atoms with Crippen LogP contribution in [0.3, 0.4) is 0 Å². The summed E-state index contributed by atoms with van der Waals surface area (Å²) in [6.45, 7) is 0.328. The average molecular weight is 354 g/mol. The Hall–Kier alpha value is -3.03. The van der Waals surface area contributed by atoms with Gasteiger partial charge < -0.3 is 4.74 Å². The number of carbonyl (C=O) groups excluding carboxylic acids is 3. The van der Waals surface area contributed by atoms with Crippen molar-refractivity contribution in [2.45, 2.75) is 12.5 Å². The molecule has 3 rings (SSSR count). The molecule has 0 fully saturated rings. The number of nitrogens with one attached hydrogen (secondary N) is 1. The molecule has 1 aliphatic rings.